The van der Waals surface area contributed by atoms with E-state index in [1.165, 1.54) is 0 Å². The molecule has 3 rings (SSSR count). The third-order valence-electron chi connectivity index (χ3n) is 2.66. The van der Waals surface area contributed by atoms with Gasteiger partial charge >= 0.3 is 0 Å². The molecule has 2 aromatic carbocycles. The molecule has 1 heterocycles. The topological polar surface area (TPSA) is 27.7 Å². The fourth-order valence-electron chi connectivity index (χ4n) is 1.74. The summed E-state index contributed by atoms with van der Waals surface area (Å²) in [5.74, 6) is 2.22. The third kappa shape index (κ3) is 2.29. The number of rotatable bonds is 3. The van der Waals surface area contributed by atoms with Crippen molar-refractivity contribution in [2.45, 2.75) is 6.61 Å². The molecule has 92 valence electrons. The lowest BCUT2D eigenvalue weighted by molar-refractivity contribution is 0.173. The average molecular weight is 307 g/mol. The molecule has 0 bridgehead atoms. The van der Waals surface area contributed by atoms with Gasteiger partial charge in [0.05, 0.1) is 4.47 Å². The van der Waals surface area contributed by atoms with Crippen molar-refractivity contribution in [3.63, 3.8) is 0 Å². The minimum absolute atomic E-state index is 0.268. The van der Waals surface area contributed by atoms with E-state index in [4.69, 9.17) is 14.2 Å². The molecule has 18 heavy (non-hydrogen) atoms. The normalized spacial score (nSPS) is 12.5. The Morgan fingerprint density at radius 3 is 2.56 bits per heavy atom. The van der Waals surface area contributed by atoms with Gasteiger partial charge in [0.25, 0.3) is 0 Å². The molecule has 0 N–H and O–H groups in total. The van der Waals surface area contributed by atoms with E-state index in [0.29, 0.717) is 6.61 Å². The molecule has 0 saturated heterocycles. The van der Waals surface area contributed by atoms with Crippen LogP contribution in [-0.2, 0) is 6.61 Å². The molecule has 0 fully saturated rings. The van der Waals surface area contributed by atoms with E-state index in [1.54, 1.807) is 0 Å². The molecule has 0 aliphatic carbocycles. The summed E-state index contributed by atoms with van der Waals surface area (Å²) in [5, 5.41) is 0. The fraction of sp³-hybridized carbons (Fsp3) is 0.143. The zero-order chi connectivity index (χ0) is 12.4. The van der Waals surface area contributed by atoms with Crippen molar-refractivity contribution in [2.24, 2.45) is 0 Å². The number of hydrogen-bond acceptors (Lipinski definition) is 3. The molecule has 0 unspecified atom stereocenters. The molecule has 0 atom stereocenters. The molecule has 0 radical (unpaired) electrons. The van der Waals surface area contributed by atoms with Gasteiger partial charge in [-0.1, -0.05) is 30.3 Å². The summed E-state index contributed by atoms with van der Waals surface area (Å²) in [6, 6.07) is 13.7. The Bertz CT molecular complexity index is 554. The maximum absolute atomic E-state index is 5.77. The zero-order valence-corrected chi connectivity index (χ0v) is 11.1. The second-order valence-corrected chi connectivity index (χ2v) is 4.76. The highest BCUT2D eigenvalue weighted by molar-refractivity contribution is 9.10. The van der Waals surface area contributed by atoms with E-state index in [0.717, 1.165) is 27.3 Å². The van der Waals surface area contributed by atoms with E-state index in [2.05, 4.69) is 15.9 Å². The van der Waals surface area contributed by atoms with Crippen LogP contribution in [0.25, 0.3) is 0 Å². The van der Waals surface area contributed by atoms with E-state index in [1.807, 2.05) is 42.5 Å². The highest BCUT2D eigenvalue weighted by Crippen LogP contribution is 2.40. The van der Waals surface area contributed by atoms with Gasteiger partial charge in [0.2, 0.25) is 6.79 Å². The molecule has 0 saturated carbocycles. The molecule has 0 amide bonds. The Balaban J connectivity index is 1.77. The largest absolute Gasteiger partial charge is 0.488 e. The van der Waals surface area contributed by atoms with Crippen molar-refractivity contribution >= 4 is 15.9 Å². The highest BCUT2D eigenvalue weighted by atomic mass is 79.9. The Kier molecular flexibility index (Phi) is 3.11. The van der Waals surface area contributed by atoms with Crippen LogP contribution in [0.15, 0.2) is 46.9 Å². The highest BCUT2D eigenvalue weighted by Gasteiger charge is 2.16. The van der Waals surface area contributed by atoms with Crippen LogP contribution >= 0.6 is 15.9 Å². The van der Waals surface area contributed by atoms with Crippen LogP contribution in [-0.4, -0.2) is 6.79 Å². The summed E-state index contributed by atoms with van der Waals surface area (Å²) in [6.45, 7) is 0.795. The molecule has 2 aromatic rings. The van der Waals surface area contributed by atoms with Crippen LogP contribution in [0.3, 0.4) is 0 Å². The summed E-state index contributed by atoms with van der Waals surface area (Å²) >= 11 is 3.46. The Morgan fingerprint density at radius 2 is 1.78 bits per heavy atom. The van der Waals surface area contributed by atoms with Gasteiger partial charge in [-0.25, -0.2) is 0 Å². The van der Waals surface area contributed by atoms with Gasteiger partial charge in [-0.15, -0.1) is 0 Å². The first-order chi connectivity index (χ1) is 8.83. The van der Waals surface area contributed by atoms with E-state index < -0.39 is 0 Å². The molecule has 1 aliphatic heterocycles. The van der Waals surface area contributed by atoms with Crippen molar-refractivity contribution in [3.05, 3.63) is 52.5 Å². The summed E-state index contributed by atoms with van der Waals surface area (Å²) in [6.07, 6.45) is 0. The maximum Gasteiger partial charge on any atom is 0.231 e. The van der Waals surface area contributed by atoms with E-state index in [-0.39, 0.29) is 6.79 Å². The molecular formula is C14H11BrO3. The van der Waals surface area contributed by atoms with Gasteiger partial charge in [-0.3, -0.25) is 0 Å². The molecule has 0 aromatic heterocycles. The molecular weight excluding hydrogens is 296 g/mol. The van der Waals surface area contributed by atoms with Crippen LogP contribution < -0.4 is 14.2 Å². The first-order valence-electron chi connectivity index (χ1n) is 5.59. The minimum Gasteiger partial charge on any atom is -0.488 e. The Morgan fingerprint density at radius 1 is 1.06 bits per heavy atom. The first-order valence-corrected chi connectivity index (χ1v) is 6.38. The lowest BCUT2D eigenvalue weighted by Gasteiger charge is -2.09. The summed E-state index contributed by atoms with van der Waals surface area (Å²) in [7, 11) is 0. The van der Waals surface area contributed by atoms with E-state index in [9.17, 15) is 0 Å². The van der Waals surface area contributed by atoms with Gasteiger partial charge in [0.15, 0.2) is 11.5 Å². The van der Waals surface area contributed by atoms with Crippen LogP contribution in [0, 0.1) is 0 Å². The number of ether oxygens (including phenoxy) is 3. The van der Waals surface area contributed by atoms with Crippen molar-refractivity contribution in [2.75, 3.05) is 6.79 Å². The summed E-state index contributed by atoms with van der Waals surface area (Å²) < 4.78 is 17.2. The van der Waals surface area contributed by atoms with Crippen LogP contribution in [0.1, 0.15) is 5.56 Å². The average Bonchev–Trinajstić information content (AvgIpc) is 2.84. The van der Waals surface area contributed by atoms with Crippen molar-refractivity contribution < 1.29 is 14.2 Å². The number of benzene rings is 2. The lowest BCUT2D eigenvalue weighted by atomic mass is 10.2. The monoisotopic (exact) mass is 306 g/mol. The van der Waals surface area contributed by atoms with E-state index >= 15 is 0 Å². The third-order valence-corrected chi connectivity index (χ3v) is 3.28. The zero-order valence-electron chi connectivity index (χ0n) is 9.56. The lowest BCUT2D eigenvalue weighted by Crippen LogP contribution is -1.95. The quantitative estimate of drug-likeness (QED) is 0.864. The number of halogens is 1. The van der Waals surface area contributed by atoms with Gasteiger partial charge in [0.1, 0.15) is 12.4 Å². The van der Waals surface area contributed by atoms with Crippen LogP contribution in [0.2, 0.25) is 0 Å². The molecule has 3 nitrogen and oxygen atoms in total. The summed E-state index contributed by atoms with van der Waals surface area (Å²) in [4.78, 5) is 0. The van der Waals surface area contributed by atoms with Gasteiger partial charge < -0.3 is 14.2 Å². The fourth-order valence-corrected chi connectivity index (χ4v) is 2.18. The first kappa shape index (κ1) is 11.4. The smallest absolute Gasteiger partial charge is 0.231 e. The predicted molar refractivity (Wildman–Crippen MR) is 71.0 cm³/mol. The van der Waals surface area contributed by atoms with Crippen molar-refractivity contribution in [1.82, 2.24) is 0 Å². The Hall–Kier alpha value is -1.68. The summed E-state index contributed by atoms with van der Waals surface area (Å²) in [5.41, 5.74) is 1.13. The maximum atomic E-state index is 5.77. The molecule has 1 aliphatic rings. The number of hydrogen-bond donors (Lipinski definition) is 0. The second kappa shape index (κ2) is 4.90. The van der Waals surface area contributed by atoms with Crippen LogP contribution in [0.4, 0.5) is 0 Å². The number of fused-ring (bicyclic) bond motifs is 1. The standard InChI is InChI=1S/C14H11BrO3/c15-11-6-13-14(18-9-17-13)7-12(11)16-8-10-4-2-1-3-5-10/h1-7H,8-9H2. The van der Waals surface area contributed by atoms with Gasteiger partial charge in [0, 0.05) is 12.1 Å². The predicted octanol–water partition coefficient (Wildman–Crippen LogP) is 3.76. The SMILES string of the molecule is Brc1cc2c(cc1OCc1ccccc1)OCO2. The molecule has 0 spiro atoms. The second-order valence-electron chi connectivity index (χ2n) is 3.91. The van der Waals surface area contributed by atoms with Crippen molar-refractivity contribution in [1.29, 1.82) is 0 Å². The van der Waals surface area contributed by atoms with Gasteiger partial charge in [-0.2, -0.15) is 0 Å². The van der Waals surface area contributed by atoms with Crippen LogP contribution in [0.5, 0.6) is 17.2 Å². The Labute approximate surface area is 113 Å². The van der Waals surface area contributed by atoms with Gasteiger partial charge in [-0.05, 0) is 21.5 Å². The van der Waals surface area contributed by atoms with Crippen molar-refractivity contribution in [3.8, 4) is 17.2 Å². The molecule has 4 heteroatoms. The minimum atomic E-state index is 0.268.